The van der Waals surface area contributed by atoms with E-state index in [1.807, 2.05) is 13.8 Å². The monoisotopic (exact) mass is 191 g/mol. The maximum atomic E-state index is 11.2. The van der Waals surface area contributed by atoms with Gasteiger partial charge in [-0.15, -0.1) is 0 Å². The van der Waals surface area contributed by atoms with Crippen LogP contribution in [0.1, 0.15) is 20.3 Å². The van der Waals surface area contributed by atoms with Crippen LogP contribution < -0.4 is 5.32 Å². The summed E-state index contributed by atoms with van der Waals surface area (Å²) in [4.78, 5) is 11.2. The van der Waals surface area contributed by atoms with Crippen molar-refractivity contribution >= 4 is 18.5 Å². The summed E-state index contributed by atoms with van der Waals surface area (Å²) in [7, 11) is 0. The van der Waals surface area contributed by atoms with Gasteiger partial charge in [0.1, 0.15) is 0 Å². The zero-order valence-corrected chi connectivity index (χ0v) is 8.47. The van der Waals surface area contributed by atoms with Gasteiger partial charge in [-0.2, -0.15) is 12.6 Å². The second-order valence-electron chi connectivity index (χ2n) is 3.06. The van der Waals surface area contributed by atoms with Crippen LogP contribution in [0.3, 0.4) is 0 Å². The second-order valence-corrected chi connectivity index (χ2v) is 3.61. The van der Waals surface area contributed by atoms with Gasteiger partial charge in [-0.25, -0.2) is 0 Å². The normalized spacial score (nSPS) is 13.1. The van der Waals surface area contributed by atoms with Crippen molar-refractivity contribution in [2.45, 2.75) is 25.5 Å². The van der Waals surface area contributed by atoms with Gasteiger partial charge in [0.15, 0.2) is 0 Å². The first-order valence-electron chi connectivity index (χ1n) is 4.16. The van der Waals surface area contributed by atoms with Crippen molar-refractivity contribution in [3.63, 3.8) is 0 Å². The fraction of sp³-hybridized carbons (Fsp3) is 0.875. The predicted octanol–water partition coefficient (Wildman–Crippen LogP) is 0.439. The van der Waals surface area contributed by atoms with Gasteiger partial charge in [-0.05, 0) is 12.3 Å². The van der Waals surface area contributed by atoms with Gasteiger partial charge in [0.05, 0.1) is 5.25 Å². The molecular formula is C8H17NO2S. The zero-order valence-electron chi connectivity index (χ0n) is 7.58. The fourth-order valence-corrected chi connectivity index (χ4v) is 0.789. The highest BCUT2D eigenvalue weighted by Gasteiger charge is 2.16. The largest absolute Gasteiger partial charge is 0.396 e. The number of carbonyl (C=O) groups excluding carboxylic acids is 1. The first-order valence-corrected chi connectivity index (χ1v) is 4.68. The Morgan fingerprint density at radius 2 is 2.17 bits per heavy atom. The summed E-state index contributed by atoms with van der Waals surface area (Å²) >= 11 is 4.15. The highest BCUT2D eigenvalue weighted by molar-refractivity contribution is 7.81. The van der Waals surface area contributed by atoms with E-state index >= 15 is 0 Å². The zero-order chi connectivity index (χ0) is 9.56. The lowest BCUT2D eigenvalue weighted by Crippen LogP contribution is -2.35. The van der Waals surface area contributed by atoms with E-state index in [9.17, 15) is 4.79 Å². The van der Waals surface area contributed by atoms with Gasteiger partial charge in [-0.1, -0.05) is 13.8 Å². The number of hydrogen-bond acceptors (Lipinski definition) is 3. The summed E-state index contributed by atoms with van der Waals surface area (Å²) in [6.45, 7) is 4.53. The number of aliphatic hydroxyl groups excluding tert-OH is 1. The molecule has 0 aliphatic rings. The van der Waals surface area contributed by atoms with Crippen LogP contribution in [-0.2, 0) is 4.79 Å². The maximum Gasteiger partial charge on any atom is 0.233 e. The average Bonchev–Trinajstić information content (AvgIpc) is 2.03. The van der Waals surface area contributed by atoms with Gasteiger partial charge in [0, 0.05) is 13.2 Å². The molecule has 0 aromatic carbocycles. The van der Waals surface area contributed by atoms with Gasteiger partial charge >= 0.3 is 0 Å². The number of carbonyl (C=O) groups is 1. The van der Waals surface area contributed by atoms with Crippen molar-refractivity contribution in [2.24, 2.45) is 5.92 Å². The lowest BCUT2D eigenvalue weighted by atomic mass is 10.1. The molecule has 0 aromatic rings. The molecular weight excluding hydrogens is 174 g/mol. The van der Waals surface area contributed by atoms with Crippen LogP contribution in [0.5, 0.6) is 0 Å². The number of thiol groups is 1. The SMILES string of the molecule is CC(C)C(S)C(=O)NCCCO. The van der Waals surface area contributed by atoms with Crippen LogP contribution in [0.2, 0.25) is 0 Å². The second kappa shape index (κ2) is 6.31. The van der Waals surface area contributed by atoms with Crippen molar-refractivity contribution in [3.05, 3.63) is 0 Å². The van der Waals surface area contributed by atoms with Crippen LogP contribution in [0, 0.1) is 5.92 Å². The quantitative estimate of drug-likeness (QED) is 0.436. The molecule has 72 valence electrons. The summed E-state index contributed by atoms with van der Waals surface area (Å²) in [5.41, 5.74) is 0. The number of aliphatic hydroxyl groups is 1. The highest BCUT2D eigenvalue weighted by atomic mass is 32.1. The van der Waals surface area contributed by atoms with E-state index in [0.29, 0.717) is 13.0 Å². The molecule has 1 atom stereocenters. The summed E-state index contributed by atoms with van der Waals surface area (Å²) in [6.07, 6.45) is 0.602. The third-order valence-corrected chi connectivity index (χ3v) is 2.37. The average molecular weight is 191 g/mol. The minimum atomic E-state index is -0.247. The molecule has 1 unspecified atom stereocenters. The van der Waals surface area contributed by atoms with E-state index in [0.717, 1.165) is 0 Å². The molecule has 2 N–H and O–H groups in total. The summed E-state index contributed by atoms with van der Waals surface area (Å²) < 4.78 is 0. The smallest absolute Gasteiger partial charge is 0.233 e. The molecule has 1 amide bonds. The molecule has 0 rings (SSSR count). The van der Waals surface area contributed by atoms with E-state index in [2.05, 4.69) is 17.9 Å². The Hall–Kier alpha value is -0.220. The first kappa shape index (κ1) is 11.8. The summed E-state index contributed by atoms with van der Waals surface area (Å²) in [6, 6.07) is 0. The number of amides is 1. The molecule has 12 heavy (non-hydrogen) atoms. The van der Waals surface area contributed by atoms with Gasteiger partial charge in [-0.3, -0.25) is 4.79 Å². The van der Waals surface area contributed by atoms with Crippen LogP contribution in [-0.4, -0.2) is 29.4 Å². The molecule has 0 saturated heterocycles. The molecule has 0 saturated carbocycles. The van der Waals surface area contributed by atoms with E-state index < -0.39 is 0 Å². The van der Waals surface area contributed by atoms with Crippen molar-refractivity contribution in [1.82, 2.24) is 5.32 Å². The van der Waals surface area contributed by atoms with Gasteiger partial charge in [0.2, 0.25) is 5.91 Å². The molecule has 0 bridgehead atoms. The third-order valence-electron chi connectivity index (χ3n) is 1.53. The van der Waals surface area contributed by atoms with Gasteiger partial charge < -0.3 is 10.4 Å². The Balaban J connectivity index is 3.57. The maximum absolute atomic E-state index is 11.2. The lowest BCUT2D eigenvalue weighted by molar-refractivity contribution is -0.121. The van der Waals surface area contributed by atoms with Crippen molar-refractivity contribution in [2.75, 3.05) is 13.2 Å². The topological polar surface area (TPSA) is 49.3 Å². The van der Waals surface area contributed by atoms with Crippen molar-refractivity contribution < 1.29 is 9.90 Å². The first-order chi connectivity index (χ1) is 5.59. The molecule has 0 radical (unpaired) electrons. The van der Waals surface area contributed by atoms with Crippen molar-refractivity contribution in [3.8, 4) is 0 Å². The standard InChI is InChI=1S/C8H17NO2S/c1-6(2)7(12)8(11)9-4-3-5-10/h6-7,10,12H,3-5H2,1-2H3,(H,9,11). The Morgan fingerprint density at radius 3 is 2.58 bits per heavy atom. The summed E-state index contributed by atoms with van der Waals surface area (Å²) in [5, 5.41) is 10.9. The third kappa shape index (κ3) is 4.62. The Kier molecular flexibility index (Phi) is 6.20. The minimum Gasteiger partial charge on any atom is -0.396 e. The molecule has 0 aliphatic heterocycles. The van der Waals surface area contributed by atoms with Crippen LogP contribution in [0.4, 0.5) is 0 Å². The van der Waals surface area contributed by atoms with Crippen molar-refractivity contribution in [1.29, 1.82) is 0 Å². The Bertz CT molecular complexity index is 139. The molecule has 0 spiro atoms. The van der Waals surface area contributed by atoms with E-state index in [1.165, 1.54) is 0 Å². The number of rotatable bonds is 5. The van der Waals surface area contributed by atoms with Crippen LogP contribution in [0.15, 0.2) is 0 Å². The Morgan fingerprint density at radius 1 is 1.58 bits per heavy atom. The number of hydrogen-bond donors (Lipinski definition) is 3. The Labute approximate surface area is 79.0 Å². The number of nitrogens with one attached hydrogen (secondary N) is 1. The molecule has 3 nitrogen and oxygen atoms in total. The molecule has 0 fully saturated rings. The summed E-state index contributed by atoms with van der Waals surface area (Å²) in [5.74, 6) is 0.184. The predicted molar refractivity (Wildman–Crippen MR) is 52.3 cm³/mol. The fourth-order valence-electron chi connectivity index (χ4n) is 0.698. The van der Waals surface area contributed by atoms with E-state index in [1.54, 1.807) is 0 Å². The lowest BCUT2D eigenvalue weighted by Gasteiger charge is -2.13. The molecule has 0 heterocycles. The van der Waals surface area contributed by atoms with E-state index in [-0.39, 0.29) is 23.7 Å². The molecule has 0 aromatic heterocycles. The molecule has 4 heteroatoms. The highest BCUT2D eigenvalue weighted by Crippen LogP contribution is 2.08. The van der Waals surface area contributed by atoms with Gasteiger partial charge in [0.25, 0.3) is 0 Å². The molecule has 0 aliphatic carbocycles. The minimum absolute atomic E-state index is 0.0539. The van der Waals surface area contributed by atoms with E-state index in [4.69, 9.17) is 5.11 Å². The van der Waals surface area contributed by atoms with Crippen LogP contribution in [0.25, 0.3) is 0 Å². The van der Waals surface area contributed by atoms with Crippen LogP contribution >= 0.6 is 12.6 Å².